The van der Waals surface area contributed by atoms with Crippen LogP contribution < -0.4 is 5.32 Å². The molecule has 0 radical (unpaired) electrons. The van der Waals surface area contributed by atoms with Crippen LogP contribution in [0.5, 0.6) is 0 Å². The lowest BCUT2D eigenvalue weighted by atomic mass is 10.1. The van der Waals surface area contributed by atoms with Crippen LogP contribution >= 0.6 is 0 Å². The van der Waals surface area contributed by atoms with E-state index in [1.165, 1.54) is 27.4 Å². The van der Waals surface area contributed by atoms with Crippen molar-refractivity contribution < 1.29 is 32.3 Å². The molecule has 2 amide bonds. The van der Waals surface area contributed by atoms with Crippen LogP contribution in [0.4, 0.5) is 5.69 Å². The van der Waals surface area contributed by atoms with E-state index < -0.39 is 28.5 Å². The van der Waals surface area contributed by atoms with Gasteiger partial charge in [-0.05, 0) is 48.9 Å². The van der Waals surface area contributed by atoms with E-state index in [0.29, 0.717) is 30.0 Å². The molecule has 1 saturated heterocycles. The molecule has 0 saturated carbocycles. The lowest BCUT2D eigenvalue weighted by molar-refractivity contribution is -0.119. The Kier molecular flexibility index (Phi) is 8.02. The SMILES string of the molecule is Cc1ccc(C(=O)OCC(=O)Nc2ccc(C(=O)N(C)C)cc2)cc1S(=O)(=O)N1CCOCC1. The molecule has 1 aliphatic heterocycles. The van der Waals surface area contributed by atoms with E-state index in [9.17, 15) is 22.8 Å². The van der Waals surface area contributed by atoms with Gasteiger partial charge in [0.25, 0.3) is 11.8 Å². The molecule has 0 atom stereocenters. The smallest absolute Gasteiger partial charge is 0.338 e. The summed E-state index contributed by atoms with van der Waals surface area (Å²) in [5, 5.41) is 2.58. The number of benzene rings is 2. The number of anilines is 1. The van der Waals surface area contributed by atoms with Gasteiger partial charge in [0.05, 0.1) is 23.7 Å². The van der Waals surface area contributed by atoms with Crippen LogP contribution in [0.15, 0.2) is 47.4 Å². The summed E-state index contributed by atoms with van der Waals surface area (Å²) in [6.45, 7) is 2.18. The van der Waals surface area contributed by atoms with Gasteiger partial charge >= 0.3 is 5.97 Å². The molecule has 0 aromatic heterocycles. The molecule has 10 nitrogen and oxygen atoms in total. The minimum Gasteiger partial charge on any atom is -0.452 e. The summed E-state index contributed by atoms with van der Waals surface area (Å²) >= 11 is 0. The number of sulfonamides is 1. The van der Waals surface area contributed by atoms with Gasteiger partial charge in [0, 0.05) is 38.4 Å². The summed E-state index contributed by atoms with van der Waals surface area (Å²) in [6.07, 6.45) is 0. The van der Waals surface area contributed by atoms with Crippen molar-refractivity contribution in [3.05, 3.63) is 59.2 Å². The zero-order valence-electron chi connectivity index (χ0n) is 19.2. The minimum absolute atomic E-state index is 0.0145. The summed E-state index contributed by atoms with van der Waals surface area (Å²) < 4.78 is 37.6. The fraction of sp³-hybridized carbons (Fsp3) is 0.348. The number of nitrogens with zero attached hydrogens (tertiary/aromatic N) is 2. The predicted octanol–water partition coefficient (Wildman–Crippen LogP) is 1.51. The van der Waals surface area contributed by atoms with E-state index in [1.54, 1.807) is 45.3 Å². The first kappa shape index (κ1) is 25.3. The maximum Gasteiger partial charge on any atom is 0.338 e. The Bertz CT molecular complexity index is 1170. The first-order valence-electron chi connectivity index (χ1n) is 10.6. The molecule has 0 aliphatic carbocycles. The highest BCUT2D eigenvalue weighted by Gasteiger charge is 2.28. The Morgan fingerprint density at radius 3 is 2.26 bits per heavy atom. The Labute approximate surface area is 198 Å². The number of ether oxygens (including phenoxy) is 2. The normalized spacial score (nSPS) is 14.3. The van der Waals surface area contributed by atoms with Crippen LogP contribution in [-0.4, -0.2) is 82.4 Å². The van der Waals surface area contributed by atoms with Crippen LogP contribution in [0.2, 0.25) is 0 Å². The number of carbonyl (C=O) groups excluding carboxylic acids is 3. The van der Waals surface area contributed by atoms with E-state index in [-0.39, 0.29) is 29.5 Å². The first-order valence-corrected chi connectivity index (χ1v) is 12.0. The number of hydrogen-bond donors (Lipinski definition) is 1. The van der Waals surface area contributed by atoms with Crippen molar-refractivity contribution in [2.45, 2.75) is 11.8 Å². The van der Waals surface area contributed by atoms with Gasteiger partial charge in [0.15, 0.2) is 6.61 Å². The molecule has 1 fully saturated rings. The molecule has 2 aromatic carbocycles. The second-order valence-electron chi connectivity index (χ2n) is 7.90. The third kappa shape index (κ3) is 5.99. The van der Waals surface area contributed by atoms with Crippen molar-refractivity contribution in [1.29, 1.82) is 0 Å². The zero-order valence-corrected chi connectivity index (χ0v) is 20.1. The Hall–Kier alpha value is -3.28. The van der Waals surface area contributed by atoms with Gasteiger partial charge in [-0.3, -0.25) is 9.59 Å². The van der Waals surface area contributed by atoms with Crippen molar-refractivity contribution in [3.8, 4) is 0 Å². The number of morpholine rings is 1. The molecule has 0 bridgehead atoms. The van der Waals surface area contributed by atoms with Crippen molar-refractivity contribution in [2.75, 3.05) is 52.3 Å². The molecule has 11 heteroatoms. The number of hydrogen-bond acceptors (Lipinski definition) is 7. The lowest BCUT2D eigenvalue weighted by Crippen LogP contribution is -2.40. The molecule has 1 N–H and O–H groups in total. The highest BCUT2D eigenvalue weighted by Crippen LogP contribution is 2.23. The number of carbonyl (C=O) groups is 3. The van der Waals surface area contributed by atoms with Crippen LogP contribution in [0.25, 0.3) is 0 Å². The van der Waals surface area contributed by atoms with Crippen LogP contribution in [-0.2, 0) is 24.3 Å². The van der Waals surface area contributed by atoms with Gasteiger partial charge in [-0.2, -0.15) is 4.31 Å². The third-order valence-corrected chi connectivity index (χ3v) is 7.21. The highest BCUT2D eigenvalue weighted by atomic mass is 32.2. The molecular formula is C23H27N3O7S. The third-order valence-electron chi connectivity index (χ3n) is 5.17. The molecule has 1 aliphatic rings. The molecule has 182 valence electrons. The Morgan fingerprint density at radius 2 is 1.65 bits per heavy atom. The number of aryl methyl sites for hydroxylation is 1. The second kappa shape index (κ2) is 10.8. The predicted molar refractivity (Wildman–Crippen MR) is 124 cm³/mol. The van der Waals surface area contributed by atoms with Crippen molar-refractivity contribution >= 4 is 33.5 Å². The Balaban J connectivity index is 1.62. The van der Waals surface area contributed by atoms with Crippen LogP contribution in [0, 0.1) is 6.92 Å². The van der Waals surface area contributed by atoms with Gasteiger partial charge in [-0.1, -0.05) is 6.07 Å². The van der Waals surface area contributed by atoms with Crippen molar-refractivity contribution in [1.82, 2.24) is 9.21 Å². The largest absolute Gasteiger partial charge is 0.452 e. The number of esters is 1. The van der Waals surface area contributed by atoms with Gasteiger partial charge in [0.1, 0.15) is 0 Å². The quantitative estimate of drug-likeness (QED) is 0.585. The molecule has 3 rings (SSSR count). The van der Waals surface area contributed by atoms with Gasteiger partial charge < -0.3 is 19.7 Å². The van der Waals surface area contributed by atoms with E-state index in [2.05, 4.69) is 5.32 Å². The lowest BCUT2D eigenvalue weighted by Gasteiger charge is -2.26. The van der Waals surface area contributed by atoms with E-state index in [4.69, 9.17) is 9.47 Å². The molecule has 0 spiro atoms. The molecule has 0 unspecified atom stereocenters. The maximum atomic E-state index is 13.0. The molecule has 34 heavy (non-hydrogen) atoms. The molecule has 2 aromatic rings. The average Bonchev–Trinajstić information content (AvgIpc) is 2.83. The average molecular weight is 490 g/mol. The first-order chi connectivity index (χ1) is 16.1. The topological polar surface area (TPSA) is 122 Å². The van der Waals surface area contributed by atoms with E-state index >= 15 is 0 Å². The van der Waals surface area contributed by atoms with Gasteiger partial charge in [-0.25, -0.2) is 13.2 Å². The van der Waals surface area contributed by atoms with Crippen LogP contribution in [0.3, 0.4) is 0 Å². The molecule has 1 heterocycles. The summed E-state index contributed by atoms with van der Waals surface area (Å²) in [4.78, 5) is 38.0. The monoisotopic (exact) mass is 489 g/mol. The molecular weight excluding hydrogens is 462 g/mol. The van der Waals surface area contributed by atoms with Crippen molar-refractivity contribution in [3.63, 3.8) is 0 Å². The summed E-state index contributed by atoms with van der Waals surface area (Å²) in [6, 6.07) is 10.5. The summed E-state index contributed by atoms with van der Waals surface area (Å²) in [5.41, 5.74) is 1.43. The fourth-order valence-corrected chi connectivity index (χ4v) is 4.96. The Morgan fingerprint density at radius 1 is 1.03 bits per heavy atom. The second-order valence-corrected chi connectivity index (χ2v) is 9.80. The van der Waals surface area contributed by atoms with Gasteiger partial charge in [0.2, 0.25) is 10.0 Å². The fourth-order valence-electron chi connectivity index (χ4n) is 3.30. The number of nitrogens with one attached hydrogen (secondary N) is 1. The van der Waals surface area contributed by atoms with E-state index in [0.717, 1.165) is 0 Å². The number of rotatable bonds is 7. The maximum absolute atomic E-state index is 13.0. The summed E-state index contributed by atoms with van der Waals surface area (Å²) in [7, 11) is -0.516. The summed E-state index contributed by atoms with van der Waals surface area (Å²) in [5.74, 6) is -1.56. The zero-order chi connectivity index (χ0) is 24.9. The highest BCUT2D eigenvalue weighted by molar-refractivity contribution is 7.89. The minimum atomic E-state index is -3.80. The van der Waals surface area contributed by atoms with Gasteiger partial charge in [-0.15, -0.1) is 0 Å². The van der Waals surface area contributed by atoms with Crippen molar-refractivity contribution in [2.24, 2.45) is 0 Å². The van der Waals surface area contributed by atoms with Crippen LogP contribution in [0.1, 0.15) is 26.3 Å². The van der Waals surface area contributed by atoms with E-state index in [1.807, 2.05) is 0 Å². The number of amides is 2. The standard InChI is InChI=1S/C23H27N3O7S/c1-16-4-5-18(14-20(16)34(30,31)26-10-12-32-13-11-26)23(29)33-15-21(27)24-19-8-6-17(7-9-19)22(28)25(2)3/h4-9,14H,10-13,15H2,1-3H3,(H,24,27).